The summed E-state index contributed by atoms with van der Waals surface area (Å²) in [5.41, 5.74) is 1.71. The molecule has 1 amide bonds. The number of rotatable bonds is 7. The summed E-state index contributed by atoms with van der Waals surface area (Å²) < 4.78 is 15.6. The van der Waals surface area contributed by atoms with Crippen molar-refractivity contribution in [1.29, 1.82) is 0 Å². The fourth-order valence-electron chi connectivity index (χ4n) is 3.41. The number of carbonyl (C=O) groups is 1. The van der Waals surface area contributed by atoms with Crippen LogP contribution in [0.15, 0.2) is 28.8 Å². The molecule has 8 nitrogen and oxygen atoms in total. The van der Waals surface area contributed by atoms with Gasteiger partial charge in [-0.2, -0.15) is 0 Å². The number of hydrogen-bond acceptors (Lipinski definition) is 5. The van der Waals surface area contributed by atoms with Crippen molar-refractivity contribution in [2.75, 3.05) is 52.3 Å². The first-order valence-corrected chi connectivity index (χ1v) is 9.18. The van der Waals surface area contributed by atoms with Crippen molar-refractivity contribution >= 4 is 11.6 Å². The molecule has 1 saturated heterocycles. The lowest BCUT2D eigenvalue weighted by Crippen LogP contribution is -3.28. The van der Waals surface area contributed by atoms with Crippen molar-refractivity contribution in [2.24, 2.45) is 0 Å². The highest BCUT2D eigenvalue weighted by atomic mass is 16.5. The van der Waals surface area contributed by atoms with Crippen molar-refractivity contribution in [3.63, 3.8) is 0 Å². The molecule has 0 saturated carbocycles. The summed E-state index contributed by atoms with van der Waals surface area (Å²) in [6.45, 7) is 7.21. The van der Waals surface area contributed by atoms with Crippen molar-refractivity contribution in [2.45, 2.75) is 13.5 Å². The Morgan fingerprint density at radius 2 is 1.81 bits per heavy atom. The fourth-order valence-corrected chi connectivity index (χ4v) is 3.41. The smallest absolute Gasteiger partial charge is 0.279 e. The molecule has 3 rings (SSSR count). The van der Waals surface area contributed by atoms with Gasteiger partial charge in [-0.05, 0) is 19.1 Å². The van der Waals surface area contributed by atoms with Crippen LogP contribution < -0.4 is 24.6 Å². The summed E-state index contributed by atoms with van der Waals surface area (Å²) in [6, 6.07) is 7.36. The highest BCUT2D eigenvalue weighted by molar-refractivity contribution is 5.91. The van der Waals surface area contributed by atoms with E-state index in [0.29, 0.717) is 23.7 Å². The van der Waals surface area contributed by atoms with Crippen LogP contribution in [-0.4, -0.2) is 58.0 Å². The molecular weight excluding hydrogens is 348 g/mol. The molecule has 2 heterocycles. The molecule has 1 fully saturated rings. The summed E-state index contributed by atoms with van der Waals surface area (Å²) >= 11 is 0. The molecule has 146 valence electrons. The van der Waals surface area contributed by atoms with Crippen molar-refractivity contribution in [3.05, 3.63) is 35.7 Å². The van der Waals surface area contributed by atoms with Crippen LogP contribution in [0.2, 0.25) is 0 Å². The molecule has 1 aromatic heterocycles. The van der Waals surface area contributed by atoms with E-state index in [0.717, 1.165) is 44.2 Å². The predicted octanol–water partition coefficient (Wildman–Crippen LogP) is -1.08. The second kappa shape index (κ2) is 8.88. The maximum absolute atomic E-state index is 12.4. The van der Waals surface area contributed by atoms with E-state index >= 15 is 0 Å². The first kappa shape index (κ1) is 19.2. The SMILES string of the molecule is COc1ccc(NC(=O)C[NH+]2CC[NH+](Cc3cc(C)on3)CC2)cc1OC. The van der Waals surface area contributed by atoms with Gasteiger partial charge in [0, 0.05) is 17.8 Å². The van der Waals surface area contributed by atoms with Crippen molar-refractivity contribution in [3.8, 4) is 11.5 Å². The van der Waals surface area contributed by atoms with Gasteiger partial charge in [0.15, 0.2) is 18.0 Å². The van der Waals surface area contributed by atoms with Crippen LogP contribution in [0.25, 0.3) is 0 Å². The summed E-state index contributed by atoms with van der Waals surface area (Å²) in [6.07, 6.45) is 0. The number of nitrogens with one attached hydrogen (secondary N) is 3. The van der Waals surface area contributed by atoms with Gasteiger partial charge in [-0.1, -0.05) is 5.16 Å². The molecule has 1 aliphatic heterocycles. The quantitative estimate of drug-likeness (QED) is 0.573. The van der Waals surface area contributed by atoms with Crippen LogP contribution in [0, 0.1) is 6.92 Å². The second-order valence-electron chi connectivity index (χ2n) is 6.90. The average molecular weight is 376 g/mol. The zero-order chi connectivity index (χ0) is 19.2. The summed E-state index contributed by atoms with van der Waals surface area (Å²) in [5, 5.41) is 7.01. The molecule has 8 heteroatoms. The Morgan fingerprint density at radius 1 is 1.11 bits per heavy atom. The Labute approximate surface area is 159 Å². The van der Waals surface area contributed by atoms with E-state index in [4.69, 9.17) is 14.0 Å². The lowest BCUT2D eigenvalue weighted by Gasteiger charge is -2.28. The maximum Gasteiger partial charge on any atom is 0.279 e. The summed E-state index contributed by atoms with van der Waals surface area (Å²) in [7, 11) is 3.17. The molecule has 1 aliphatic rings. The van der Waals surface area contributed by atoms with Crippen LogP contribution in [0.5, 0.6) is 11.5 Å². The molecule has 0 spiro atoms. The molecule has 27 heavy (non-hydrogen) atoms. The number of nitrogens with zero attached hydrogens (tertiary/aromatic N) is 1. The van der Waals surface area contributed by atoms with E-state index in [1.165, 1.54) is 9.80 Å². The number of aromatic nitrogens is 1. The number of methoxy groups -OCH3 is 2. The largest absolute Gasteiger partial charge is 0.493 e. The lowest BCUT2D eigenvalue weighted by atomic mass is 10.2. The minimum Gasteiger partial charge on any atom is -0.493 e. The molecular formula is C19H28N4O4+2. The van der Waals surface area contributed by atoms with Gasteiger partial charge in [0.25, 0.3) is 5.91 Å². The Morgan fingerprint density at radius 3 is 2.44 bits per heavy atom. The first-order valence-electron chi connectivity index (χ1n) is 9.18. The number of quaternary nitrogens is 2. The van der Waals surface area contributed by atoms with E-state index in [1.54, 1.807) is 26.4 Å². The summed E-state index contributed by atoms with van der Waals surface area (Å²) in [4.78, 5) is 15.2. The minimum atomic E-state index is 0.00722. The number of ether oxygens (including phenoxy) is 2. The molecule has 2 aromatic rings. The van der Waals surface area contributed by atoms with Crippen molar-refractivity contribution in [1.82, 2.24) is 5.16 Å². The van der Waals surface area contributed by atoms with Crippen LogP contribution >= 0.6 is 0 Å². The third-order valence-electron chi connectivity index (χ3n) is 4.85. The van der Waals surface area contributed by atoms with E-state index in [9.17, 15) is 4.79 Å². The monoisotopic (exact) mass is 376 g/mol. The minimum absolute atomic E-state index is 0.00722. The highest BCUT2D eigenvalue weighted by Crippen LogP contribution is 2.29. The maximum atomic E-state index is 12.4. The Bertz CT molecular complexity index is 769. The molecule has 0 bridgehead atoms. The number of hydrogen-bond donors (Lipinski definition) is 3. The van der Waals surface area contributed by atoms with Gasteiger partial charge >= 0.3 is 0 Å². The number of amides is 1. The van der Waals surface area contributed by atoms with Gasteiger partial charge in [0.05, 0.1) is 14.2 Å². The fraction of sp³-hybridized carbons (Fsp3) is 0.474. The van der Waals surface area contributed by atoms with Crippen molar-refractivity contribution < 1.29 is 28.6 Å². The van der Waals surface area contributed by atoms with E-state index in [-0.39, 0.29) is 5.91 Å². The highest BCUT2D eigenvalue weighted by Gasteiger charge is 2.25. The number of anilines is 1. The van der Waals surface area contributed by atoms with E-state index in [1.807, 2.05) is 19.1 Å². The van der Waals surface area contributed by atoms with Crippen LogP contribution in [0.1, 0.15) is 11.5 Å². The molecule has 0 atom stereocenters. The lowest BCUT2D eigenvalue weighted by molar-refractivity contribution is -1.02. The standard InChI is InChI=1S/C19H26N4O4/c1-14-10-16(21-27-14)12-22-6-8-23(9-7-22)13-19(24)20-15-4-5-17(25-2)18(11-15)26-3/h4-5,10-11H,6-9,12-13H2,1-3H3,(H,20,24)/p+2. The van der Waals surface area contributed by atoms with Gasteiger partial charge in [-0.25, -0.2) is 0 Å². The van der Waals surface area contributed by atoms with Gasteiger partial charge < -0.3 is 29.1 Å². The Hall–Kier alpha value is -2.58. The normalized spacial score (nSPS) is 19.5. The Kier molecular flexibility index (Phi) is 6.31. The zero-order valence-corrected chi connectivity index (χ0v) is 16.1. The third kappa shape index (κ3) is 5.21. The summed E-state index contributed by atoms with van der Waals surface area (Å²) in [5.74, 6) is 2.10. The predicted molar refractivity (Wildman–Crippen MR) is 99.4 cm³/mol. The van der Waals surface area contributed by atoms with Gasteiger partial charge in [-0.3, -0.25) is 4.79 Å². The molecule has 0 aliphatic carbocycles. The van der Waals surface area contributed by atoms with Crippen LogP contribution in [0.3, 0.4) is 0 Å². The molecule has 0 unspecified atom stereocenters. The number of carbonyl (C=O) groups excluding carboxylic acids is 1. The first-order chi connectivity index (χ1) is 13.1. The number of benzene rings is 1. The van der Waals surface area contributed by atoms with E-state index < -0.39 is 0 Å². The second-order valence-corrected chi connectivity index (χ2v) is 6.90. The molecule has 0 radical (unpaired) electrons. The zero-order valence-electron chi connectivity index (χ0n) is 16.1. The average Bonchev–Trinajstić information content (AvgIpc) is 3.08. The van der Waals surface area contributed by atoms with Gasteiger partial charge in [-0.15, -0.1) is 0 Å². The Balaban J connectivity index is 1.45. The topological polar surface area (TPSA) is 82.5 Å². The van der Waals surface area contributed by atoms with Crippen LogP contribution in [-0.2, 0) is 11.3 Å². The number of piperazine rings is 1. The third-order valence-corrected chi connectivity index (χ3v) is 4.85. The van der Waals surface area contributed by atoms with Gasteiger partial charge in [0.1, 0.15) is 44.2 Å². The molecule has 3 N–H and O–H groups in total. The molecule has 1 aromatic carbocycles. The van der Waals surface area contributed by atoms with Crippen LogP contribution in [0.4, 0.5) is 5.69 Å². The van der Waals surface area contributed by atoms with E-state index in [2.05, 4.69) is 10.5 Å². The number of aryl methyl sites for hydroxylation is 1. The van der Waals surface area contributed by atoms with Gasteiger partial charge in [0.2, 0.25) is 0 Å².